The SMILES string of the molecule is CCN1CCCCC1c1ccc(CC(N)=O)cc1. The van der Waals surface area contributed by atoms with E-state index in [1.165, 1.54) is 31.4 Å². The van der Waals surface area contributed by atoms with Crippen LogP contribution < -0.4 is 5.73 Å². The number of rotatable bonds is 4. The molecule has 0 radical (unpaired) electrons. The lowest BCUT2D eigenvalue weighted by atomic mass is 9.94. The Morgan fingerprint density at radius 3 is 2.67 bits per heavy atom. The summed E-state index contributed by atoms with van der Waals surface area (Å²) < 4.78 is 0. The summed E-state index contributed by atoms with van der Waals surface area (Å²) in [7, 11) is 0. The highest BCUT2D eigenvalue weighted by Gasteiger charge is 2.22. The van der Waals surface area contributed by atoms with Crippen LogP contribution in [0.25, 0.3) is 0 Å². The van der Waals surface area contributed by atoms with Crippen molar-refractivity contribution in [3.8, 4) is 0 Å². The molecule has 18 heavy (non-hydrogen) atoms. The van der Waals surface area contributed by atoms with Crippen molar-refractivity contribution in [2.24, 2.45) is 5.73 Å². The molecule has 0 saturated carbocycles. The standard InChI is InChI=1S/C15H22N2O/c1-2-17-10-4-3-5-14(17)13-8-6-12(7-9-13)11-15(16)18/h6-9,14H,2-5,10-11H2,1H3,(H2,16,18). The van der Waals surface area contributed by atoms with E-state index in [0.29, 0.717) is 12.5 Å². The molecule has 0 spiro atoms. The predicted octanol–water partition coefficient (Wildman–Crippen LogP) is 2.26. The Morgan fingerprint density at radius 1 is 1.33 bits per heavy atom. The van der Waals surface area contributed by atoms with Gasteiger partial charge in [-0.25, -0.2) is 0 Å². The van der Waals surface area contributed by atoms with E-state index in [0.717, 1.165) is 12.1 Å². The van der Waals surface area contributed by atoms with Gasteiger partial charge in [-0.1, -0.05) is 37.6 Å². The average Bonchev–Trinajstić information content (AvgIpc) is 2.39. The smallest absolute Gasteiger partial charge is 0.221 e. The molecule has 1 heterocycles. The second kappa shape index (κ2) is 6.01. The number of primary amides is 1. The fourth-order valence-corrected chi connectivity index (χ4v) is 2.81. The van der Waals surface area contributed by atoms with Crippen LogP contribution in [0.3, 0.4) is 0 Å². The Labute approximate surface area is 109 Å². The maximum Gasteiger partial charge on any atom is 0.221 e. The van der Waals surface area contributed by atoms with Crippen molar-refractivity contribution in [3.63, 3.8) is 0 Å². The monoisotopic (exact) mass is 246 g/mol. The zero-order valence-corrected chi connectivity index (χ0v) is 11.1. The van der Waals surface area contributed by atoms with Crippen molar-refractivity contribution < 1.29 is 4.79 Å². The Bertz CT molecular complexity index is 399. The number of carbonyl (C=O) groups excluding carboxylic acids is 1. The molecule has 2 rings (SSSR count). The van der Waals surface area contributed by atoms with Crippen LogP contribution in [-0.4, -0.2) is 23.9 Å². The zero-order chi connectivity index (χ0) is 13.0. The topological polar surface area (TPSA) is 46.3 Å². The minimum atomic E-state index is -0.268. The molecule has 1 fully saturated rings. The second-order valence-electron chi connectivity index (χ2n) is 5.02. The fraction of sp³-hybridized carbons (Fsp3) is 0.533. The van der Waals surface area contributed by atoms with Gasteiger partial charge in [-0.3, -0.25) is 9.69 Å². The Hall–Kier alpha value is -1.35. The minimum absolute atomic E-state index is 0.268. The van der Waals surface area contributed by atoms with Gasteiger partial charge in [-0.05, 0) is 37.1 Å². The Morgan fingerprint density at radius 2 is 2.06 bits per heavy atom. The summed E-state index contributed by atoms with van der Waals surface area (Å²) >= 11 is 0. The summed E-state index contributed by atoms with van der Waals surface area (Å²) in [6, 6.07) is 8.91. The zero-order valence-electron chi connectivity index (χ0n) is 11.1. The molecule has 1 saturated heterocycles. The van der Waals surface area contributed by atoms with E-state index >= 15 is 0 Å². The first-order valence-corrected chi connectivity index (χ1v) is 6.82. The van der Waals surface area contributed by atoms with Crippen LogP contribution in [0.5, 0.6) is 0 Å². The first-order valence-electron chi connectivity index (χ1n) is 6.82. The van der Waals surface area contributed by atoms with Crippen molar-refractivity contribution >= 4 is 5.91 Å². The normalized spacial score (nSPS) is 20.8. The van der Waals surface area contributed by atoms with E-state index in [-0.39, 0.29) is 5.91 Å². The first kappa shape index (κ1) is 13.1. The van der Waals surface area contributed by atoms with Gasteiger partial charge in [0.1, 0.15) is 0 Å². The predicted molar refractivity (Wildman–Crippen MR) is 73.2 cm³/mol. The molecular weight excluding hydrogens is 224 g/mol. The molecule has 0 bridgehead atoms. The van der Waals surface area contributed by atoms with E-state index in [9.17, 15) is 4.79 Å². The van der Waals surface area contributed by atoms with Crippen molar-refractivity contribution in [2.45, 2.75) is 38.6 Å². The molecule has 1 atom stereocenters. The molecule has 98 valence electrons. The third-order valence-corrected chi connectivity index (χ3v) is 3.76. The van der Waals surface area contributed by atoms with Gasteiger partial charge < -0.3 is 5.73 Å². The van der Waals surface area contributed by atoms with Gasteiger partial charge >= 0.3 is 0 Å². The van der Waals surface area contributed by atoms with E-state index in [1.54, 1.807) is 0 Å². The van der Waals surface area contributed by atoms with Gasteiger partial charge in [0.15, 0.2) is 0 Å². The third kappa shape index (κ3) is 3.10. The molecule has 3 nitrogen and oxygen atoms in total. The van der Waals surface area contributed by atoms with Crippen LogP contribution in [0.1, 0.15) is 43.4 Å². The maximum atomic E-state index is 10.9. The lowest BCUT2D eigenvalue weighted by Gasteiger charge is -2.35. The van der Waals surface area contributed by atoms with Crippen molar-refractivity contribution in [3.05, 3.63) is 35.4 Å². The molecule has 1 aromatic carbocycles. The molecule has 0 aromatic heterocycles. The highest BCUT2D eigenvalue weighted by molar-refractivity contribution is 5.76. The average molecular weight is 246 g/mol. The lowest BCUT2D eigenvalue weighted by Crippen LogP contribution is -2.33. The summed E-state index contributed by atoms with van der Waals surface area (Å²) in [6.07, 6.45) is 4.19. The molecule has 1 aliphatic rings. The van der Waals surface area contributed by atoms with Crippen molar-refractivity contribution in [1.29, 1.82) is 0 Å². The fourth-order valence-electron chi connectivity index (χ4n) is 2.81. The highest BCUT2D eigenvalue weighted by Crippen LogP contribution is 2.30. The van der Waals surface area contributed by atoms with Gasteiger partial charge in [-0.2, -0.15) is 0 Å². The Kier molecular flexibility index (Phi) is 4.37. The number of likely N-dealkylation sites (tertiary alicyclic amines) is 1. The summed E-state index contributed by atoms with van der Waals surface area (Å²) in [4.78, 5) is 13.4. The number of piperidine rings is 1. The number of hydrogen-bond acceptors (Lipinski definition) is 2. The van der Waals surface area contributed by atoms with Gasteiger partial charge in [-0.15, -0.1) is 0 Å². The van der Waals surface area contributed by atoms with Crippen LogP contribution in [-0.2, 0) is 11.2 Å². The number of benzene rings is 1. The van der Waals surface area contributed by atoms with Crippen molar-refractivity contribution in [2.75, 3.05) is 13.1 Å². The third-order valence-electron chi connectivity index (χ3n) is 3.76. The number of carbonyl (C=O) groups is 1. The number of nitrogens with zero attached hydrogens (tertiary/aromatic N) is 1. The summed E-state index contributed by atoms with van der Waals surface area (Å²) in [5.41, 5.74) is 7.57. The van der Waals surface area contributed by atoms with Crippen LogP contribution in [0.4, 0.5) is 0 Å². The van der Waals surface area contributed by atoms with E-state index in [2.05, 4.69) is 24.0 Å². The lowest BCUT2D eigenvalue weighted by molar-refractivity contribution is -0.117. The first-order chi connectivity index (χ1) is 8.70. The quantitative estimate of drug-likeness (QED) is 0.885. The molecule has 0 aliphatic carbocycles. The van der Waals surface area contributed by atoms with Crippen LogP contribution in [0, 0.1) is 0 Å². The highest BCUT2D eigenvalue weighted by atomic mass is 16.1. The van der Waals surface area contributed by atoms with Gasteiger partial charge in [0.25, 0.3) is 0 Å². The number of hydrogen-bond donors (Lipinski definition) is 1. The van der Waals surface area contributed by atoms with Gasteiger partial charge in [0.05, 0.1) is 6.42 Å². The molecule has 1 aromatic rings. The van der Waals surface area contributed by atoms with Crippen LogP contribution >= 0.6 is 0 Å². The van der Waals surface area contributed by atoms with Crippen LogP contribution in [0.2, 0.25) is 0 Å². The number of nitrogens with two attached hydrogens (primary N) is 1. The molecule has 1 aliphatic heterocycles. The maximum absolute atomic E-state index is 10.9. The molecule has 3 heteroatoms. The largest absolute Gasteiger partial charge is 0.369 e. The van der Waals surface area contributed by atoms with Gasteiger partial charge in [0.2, 0.25) is 5.91 Å². The molecular formula is C15H22N2O. The molecule has 1 amide bonds. The van der Waals surface area contributed by atoms with Crippen LogP contribution in [0.15, 0.2) is 24.3 Å². The molecule has 1 unspecified atom stereocenters. The number of amides is 1. The van der Waals surface area contributed by atoms with E-state index in [4.69, 9.17) is 5.73 Å². The van der Waals surface area contributed by atoms with Crippen molar-refractivity contribution in [1.82, 2.24) is 4.90 Å². The summed E-state index contributed by atoms with van der Waals surface area (Å²) in [5, 5.41) is 0. The minimum Gasteiger partial charge on any atom is -0.369 e. The summed E-state index contributed by atoms with van der Waals surface area (Å²) in [5.74, 6) is -0.268. The van der Waals surface area contributed by atoms with Gasteiger partial charge in [0, 0.05) is 6.04 Å². The second-order valence-corrected chi connectivity index (χ2v) is 5.02. The Balaban J connectivity index is 2.10. The van der Waals surface area contributed by atoms with E-state index in [1.807, 2.05) is 12.1 Å². The molecule has 2 N–H and O–H groups in total. The van der Waals surface area contributed by atoms with E-state index < -0.39 is 0 Å². The summed E-state index contributed by atoms with van der Waals surface area (Å²) in [6.45, 7) is 4.53.